The molecule has 1 unspecified atom stereocenters. The lowest BCUT2D eigenvalue weighted by Gasteiger charge is -2.19. The van der Waals surface area contributed by atoms with Crippen molar-refractivity contribution in [1.82, 2.24) is 5.32 Å². The number of halogens is 4. The predicted molar refractivity (Wildman–Crippen MR) is 81.0 cm³/mol. The Hall–Kier alpha value is -0.970. The summed E-state index contributed by atoms with van der Waals surface area (Å²) in [5, 5.41) is 3.12. The van der Waals surface area contributed by atoms with E-state index in [0.29, 0.717) is 16.5 Å². The van der Waals surface area contributed by atoms with Gasteiger partial charge in [-0.05, 0) is 47.1 Å². The first-order valence-corrected chi connectivity index (χ1v) is 7.25. The largest absolute Gasteiger partial charge is 0.313 e. The van der Waals surface area contributed by atoms with Gasteiger partial charge in [-0.3, -0.25) is 0 Å². The van der Waals surface area contributed by atoms with Crippen molar-refractivity contribution in [2.75, 3.05) is 7.05 Å². The van der Waals surface area contributed by atoms with Gasteiger partial charge in [-0.1, -0.05) is 35.9 Å². The van der Waals surface area contributed by atoms with Crippen LogP contribution in [0.3, 0.4) is 0 Å². The molecule has 1 N–H and O–H groups in total. The van der Waals surface area contributed by atoms with Crippen LogP contribution in [0.1, 0.15) is 17.2 Å². The van der Waals surface area contributed by atoms with Gasteiger partial charge in [0, 0.05) is 11.6 Å². The molecule has 0 heterocycles. The topological polar surface area (TPSA) is 12.0 Å². The Morgan fingerprint density at radius 3 is 2.60 bits per heavy atom. The highest BCUT2D eigenvalue weighted by Gasteiger charge is 2.18. The van der Waals surface area contributed by atoms with E-state index in [-0.39, 0.29) is 16.9 Å². The van der Waals surface area contributed by atoms with Gasteiger partial charge >= 0.3 is 0 Å². The Labute approximate surface area is 130 Å². The van der Waals surface area contributed by atoms with E-state index < -0.39 is 5.82 Å². The zero-order valence-corrected chi connectivity index (χ0v) is 13.1. The average molecular weight is 361 g/mol. The summed E-state index contributed by atoms with van der Waals surface area (Å²) in [5.41, 5.74) is 1.24. The summed E-state index contributed by atoms with van der Waals surface area (Å²) >= 11 is 9.02. The van der Waals surface area contributed by atoms with E-state index in [1.807, 2.05) is 0 Å². The van der Waals surface area contributed by atoms with E-state index in [1.54, 1.807) is 31.3 Å². The van der Waals surface area contributed by atoms with Crippen LogP contribution in [-0.2, 0) is 6.42 Å². The fraction of sp³-hybridized carbons (Fsp3) is 0.200. The molecule has 0 aliphatic heterocycles. The molecule has 5 heteroatoms. The quantitative estimate of drug-likeness (QED) is 0.819. The first-order valence-electron chi connectivity index (χ1n) is 6.08. The van der Waals surface area contributed by atoms with E-state index in [0.717, 1.165) is 5.56 Å². The van der Waals surface area contributed by atoms with Crippen LogP contribution in [0.25, 0.3) is 0 Å². The molecular formula is C15H13BrClF2N. The summed E-state index contributed by atoms with van der Waals surface area (Å²) in [6.07, 6.45) is 0.451. The molecule has 0 saturated heterocycles. The molecule has 0 aliphatic carbocycles. The normalized spacial score (nSPS) is 12.4. The van der Waals surface area contributed by atoms with E-state index in [9.17, 15) is 8.78 Å². The van der Waals surface area contributed by atoms with Gasteiger partial charge < -0.3 is 5.32 Å². The lowest BCUT2D eigenvalue weighted by Crippen LogP contribution is -2.20. The number of hydrogen-bond donors (Lipinski definition) is 1. The molecule has 0 aliphatic rings. The van der Waals surface area contributed by atoms with Crippen molar-refractivity contribution in [3.8, 4) is 0 Å². The summed E-state index contributed by atoms with van der Waals surface area (Å²) in [6, 6.07) is 9.41. The smallest absolute Gasteiger partial charge is 0.146 e. The standard InChI is InChI=1S/C15H13BrClF2N/c1-20-13(10-5-3-6-11(17)15(10)19)8-9-4-2-7-12(18)14(9)16/h2-7,13,20H,8H2,1H3. The van der Waals surface area contributed by atoms with Crippen LogP contribution in [0.4, 0.5) is 8.78 Å². The van der Waals surface area contributed by atoms with Crippen molar-refractivity contribution < 1.29 is 8.78 Å². The van der Waals surface area contributed by atoms with Crippen LogP contribution < -0.4 is 5.32 Å². The van der Waals surface area contributed by atoms with Crippen LogP contribution in [0.5, 0.6) is 0 Å². The van der Waals surface area contributed by atoms with Crippen LogP contribution in [0.15, 0.2) is 40.9 Å². The molecule has 0 bridgehead atoms. The van der Waals surface area contributed by atoms with Crippen molar-refractivity contribution in [1.29, 1.82) is 0 Å². The highest BCUT2D eigenvalue weighted by Crippen LogP contribution is 2.29. The summed E-state index contributed by atoms with van der Waals surface area (Å²) in [4.78, 5) is 0. The second kappa shape index (κ2) is 6.66. The average Bonchev–Trinajstić information content (AvgIpc) is 2.44. The summed E-state index contributed by atoms with van der Waals surface area (Å²) < 4.78 is 28.0. The third-order valence-corrected chi connectivity index (χ3v) is 4.34. The zero-order chi connectivity index (χ0) is 14.7. The minimum absolute atomic E-state index is 0.0843. The molecular weight excluding hydrogens is 348 g/mol. The van der Waals surface area contributed by atoms with Crippen molar-refractivity contribution in [3.63, 3.8) is 0 Å². The fourth-order valence-electron chi connectivity index (χ4n) is 2.08. The number of hydrogen-bond acceptors (Lipinski definition) is 1. The molecule has 0 spiro atoms. The number of rotatable bonds is 4. The van der Waals surface area contributed by atoms with Crippen LogP contribution >= 0.6 is 27.5 Å². The number of nitrogens with one attached hydrogen (secondary N) is 1. The molecule has 0 aromatic heterocycles. The lowest BCUT2D eigenvalue weighted by molar-refractivity contribution is 0.531. The van der Waals surface area contributed by atoms with Gasteiger partial charge in [-0.15, -0.1) is 0 Å². The molecule has 0 radical (unpaired) electrons. The van der Waals surface area contributed by atoms with Crippen molar-refractivity contribution >= 4 is 27.5 Å². The Bertz CT molecular complexity index is 619. The molecule has 2 aromatic carbocycles. The van der Waals surface area contributed by atoms with Gasteiger partial charge in [0.2, 0.25) is 0 Å². The maximum Gasteiger partial charge on any atom is 0.146 e. The van der Waals surface area contributed by atoms with E-state index in [1.165, 1.54) is 12.1 Å². The number of benzene rings is 2. The summed E-state index contributed by atoms with van der Waals surface area (Å²) in [6.45, 7) is 0. The third-order valence-electron chi connectivity index (χ3n) is 3.16. The first kappa shape index (κ1) is 15.4. The first-order chi connectivity index (χ1) is 9.54. The SMILES string of the molecule is CNC(Cc1cccc(F)c1Br)c1cccc(Cl)c1F. The molecule has 0 saturated carbocycles. The van der Waals surface area contributed by atoms with Gasteiger partial charge in [0.25, 0.3) is 0 Å². The van der Waals surface area contributed by atoms with Crippen LogP contribution in [-0.4, -0.2) is 7.05 Å². The molecule has 2 rings (SSSR count). The molecule has 20 heavy (non-hydrogen) atoms. The number of likely N-dealkylation sites (N-methyl/N-ethyl adjacent to an activating group) is 1. The molecule has 2 aromatic rings. The fourth-order valence-corrected chi connectivity index (χ4v) is 2.69. The maximum atomic E-state index is 14.1. The highest BCUT2D eigenvalue weighted by atomic mass is 79.9. The van der Waals surface area contributed by atoms with Gasteiger partial charge in [0.15, 0.2) is 0 Å². The van der Waals surface area contributed by atoms with Gasteiger partial charge in [-0.2, -0.15) is 0 Å². The molecule has 1 nitrogen and oxygen atoms in total. The summed E-state index contributed by atoms with van der Waals surface area (Å²) in [7, 11) is 1.73. The van der Waals surface area contributed by atoms with E-state index in [4.69, 9.17) is 11.6 Å². The molecule has 1 atom stereocenters. The Morgan fingerprint density at radius 1 is 1.20 bits per heavy atom. The molecule has 0 amide bonds. The minimum atomic E-state index is -0.443. The Kier molecular flexibility index (Phi) is 5.13. The van der Waals surface area contributed by atoms with E-state index in [2.05, 4.69) is 21.2 Å². The highest BCUT2D eigenvalue weighted by molar-refractivity contribution is 9.10. The van der Waals surface area contributed by atoms with Crippen molar-refractivity contribution in [2.45, 2.75) is 12.5 Å². The van der Waals surface area contributed by atoms with Crippen molar-refractivity contribution in [2.24, 2.45) is 0 Å². The Balaban J connectivity index is 2.34. The molecule has 106 valence electrons. The Morgan fingerprint density at radius 2 is 1.90 bits per heavy atom. The predicted octanol–water partition coefficient (Wildman–Crippen LogP) is 4.88. The zero-order valence-electron chi connectivity index (χ0n) is 10.8. The molecule has 0 fully saturated rings. The minimum Gasteiger partial charge on any atom is -0.313 e. The van der Waals surface area contributed by atoms with Crippen LogP contribution in [0, 0.1) is 11.6 Å². The lowest BCUT2D eigenvalue weighted by atomic mass is 9.98. The second-order valence-corrected chi connectivity index (χ2v) is 5.60. The van der Waals surface area contributed by atoms with Gasteiger partial charge in [-0.25, -0.2) is 8.78 Å². The van der Waals surface area contributed by atoms with Crippen LogP contribution in [0.2, 0.25) is 5.02 Å². The monoisotopic (exact) mass is 359 g/mol. The van der Waals surface area contributed by atoms with Gasteiger partial charge in [0.05, 0.1) is 9.50 Å². The second-order valence-electron chi connectivity index (χ2n) is 4.40. The van der Waals surface area contributed by atoms with Gasteiger partial charge in [0.1, 0.15) is 11.6 Å². The maximum absolute atomic E-state index is 14.1. The van der Waals surface area contributed by atoms with E-state index >= 15 is 0 Å². The summed E-state index contributed by atoms with van der Waals surface area (Å²) in [5.74, 6) is -0.773. The van der Waals surface area contributed by atoms with Crippen molar-refractivity contribution in [3.05, 3.63) is 68.7 Å². The third kappa shape index (κ3) is 3.19.